The van der Waals surface area contributed by atoms with Gasteiger partial charge in [0.1, 0.15) is 11.9 Å². The Labute approximate surface area is 78.8 Å². The standard InChI is InChI=1S/C10H17NO2/c12-10(8-4-3-6-11-8)9-5-1-2-7-13-9/h5,8,10-12H,1-4,6-7H2/t8-,10?/m1/s1. The number of hydrogen-bond acceptors (Lipinski definition) is 3. The summed E-state index contributed by atoms with van der Waals surface area (Å²) in [6, 6.07) is 0.212. The summed E-state index contributed by atoms with van der Waals surface area (Å²) >= 11 is 0. The maximum atomic E-state index is 9.92. The molecule has 3 nitrogen and oxygen atoms in total. The Hall–Kier alpha value is -0.540. The van der Waals surface area contributed by atoms with Gasteiger partial charge in [0.15, 0.2) is 0 Å². The van der Waals surface area contributed by atoms with E-state index < -0.39 is 6.10 Å². The van der Waals surface area contributed by atoms with Crippen molar-refractivity contribution < 1.29 is 9.84 Å². The lowest BCUT2D eigenvalue weighted by molar-refractivity contribution is 0.0719. The molecule has 74 valence electrons. The minimum Gasteiger partial charge on any atom is -0.495 e. The highest BCUT2D eigenvalue weighted by molar-refractivity contribution is 5.07. The Morgan fingerprint density at radius 1 is 1.54 bits per heavy atom. The van der Waals surface area contributed by atoms with E-state index in [1.165, 1.54) is 0 Å². The molecular formula is C10H17NO2. The summed E-state index contributed by atoms with van der Waals surface area (Å²) in [5, 5.41) is 13.2. The quantitative estimate of drug-likeness (QED) is 0.665. The minimum atomic E-state index is -0.428. The third-order valence-corrected chi connectivity index (χ3v) is 2.73. The molecule has 0 aromatic carbocycles. The van der Waals surface area contributed by atoms with E-state index in [0.29, 0.717) is 0 Å². The van der Waals surface area contributed by atoms with Gasteiger partial charge in [-0.05, 0) is 38.3 Å². The molecule has 0 aromatic rings. The van der Waals surface area contributed by atoms with E-state index in [1.807, 2.05) is 6.08 Å². The lowest BCUT2D eigenvalue weighted by atomic mass is 10.1. The van der Waals surface area contributed by atoms with Crippen LogP contribution in [0, 0.1) is 0 Å². The van der Waals surface area contributed by atoms with E-state index in [-0.39, 0.29) is 6.04 Å². The first-order chi connectivity index (χ1) is 6.38. The number of aliphatic hydroxyl groups excluding tert-OH is 1. The maximum Gasteiger partial charge on any atom is 0.126 e. The molecule has 0 bridgehead atoms. The second kappa shape index (κ2) is 4.11. The van der Waals surface area contributed by atoms with Gasteiger partial charge in [-0.15, -0.1) is 0 Å². The van der Waals surface area contributed by atoms with Gasteiger partial charge in [-0.25, -0.2) is 0 Å². The molecule has 0 aliphatic carbocycles. The van der Waals surface area contributed by atoms with Gasteiger partial charge in [-0.3, -0.25) is 0 Å². The molecule has 0 saturated carbocycles. The number of nitrogens with one attached hydrogen (secondary N) is 1. The van der Waals surface area contributed by atoms with Gasteiger partial charge in [0, 0.05) is 6.04 Å². The molecule has 2 heterocycles. The average molecular weight is 183 g/mol. The van der Waals surface area contributed by atoms with Crippen LogP contribution in [-0.4, -0.2) is 30.4 Å². The van der Waals surface area contributed by atoms with Gasteiger partial charge >= 0.3 is 0 Å². The van der Waals surface area contributed by atoms with Crippen LogP contribution in [0.15, 0.2) is 11.8 Å². The minimum absolute atomic E-state index is 0.212. The molecule has 2 aliphatic rings. The fourth-order valence-electron chi connectivity index (χ4n) is 1.96. The van der Waals surface area contributed by atoms with E-state index >= 15 is 0 Å². The van der Waals surface area contributed by atoms with Crippen LogP contribution in [-0.2, 0) is 4.74 Å². The van der Waals surface area contributed by atoms with Crippen molar-refractivity contribution in [2.24, 2.45) is 0 Å². The van der Waals surface area contributed by atoms with Crippen LogP contribution in [0.2, 0.25) is 0 Å². The fraction of sp³-hybridized carbons (Fsp3) is 0.800. The molecule has 2 N–H and O–H groups in total. The topological polar surface area (TPSA) is 41.5 Å². The third-order valence-electron chi connectivity index (χ3n) is 2.73. The summed E-state index contributed by atoms with van der Waals surface area (Å²) in [6.07, 6.45) is 5.93. The van der Waals surface area contributed by atoms with Crippen molar-refractivity contribution >= 4 is 0 Å². The number of ether oxygens (including phenoxy) is 1. The number of rotatable bonds is 2. The monoisotopic (exact) mass is 183 g/mol. The smallest absolute Gasteiger partial charge is 0.126 e. The first kappa shape index (κ1) is 9.03. The summed E-state index contributed by atoms with van der Waals surface area (Å²) in [5.41, 5.74) is 0. The Balaban J connectivity index is 1.94. The molecule has 3 heteroatoms. The van der Waals surface area contributed by atoms with E-state index in [4.69, 9.17) is 4.74 Å². The molecule has 2 atom stereocenters. The Morgan fingerprint density at radius 2 is 2.46 bits per heavy atom. The van der Waals surface area contributed by atoms with Crippen molar-refractivity contribution in [1.29, 1.82) is 0 Å². The van der Waals surface area contributed by atoms with Gasteiger partial charge in [0.05, 0.1) is 6.61 Å². The van der Waals surface area contributed by atoms with E-state index in [0.717, 1.165) is 44.6 Å². The van der Waals surface area contributed by atoms with Crippen molar-refractivity contribution in [3.05, 3.63) is 11.8 Å². The van der Waals surface area contributed by atoms with Crippen LogP contribution >= 0.6 is 0 Å². The number of aliphatic hydroxyl groups is 1. The Morgan fingerprint density at radius 3 is 3.08 bits per heavy atom. The lowest BCUT2D eigenvalue weighted by Crippen LogP contribution is -2.37. The van der Waals surface area contributed by atoms with Crippen LogP contribution in [0.1, 0.15) is 25.7 Å². The zero-order chi connectivity index (χ0) is 9.10. The second-order valence-electron chi connectivity index (χ2n) is 3.74. The SMILES string of the molecule is OC(C1=CCCCO1)[C@H]1CCCN1. The molecule has 1 fully saturated rings. The van der Waals surface area contributed by atoms with Crippen LogP contribution in [0.4, 0.5) is 0 Å². The summed E-state index contributed by atoms with van der Waals surface area (Å²) < 4.78 is 5.42. The van der Waals surface area contributed by atoms with E-state index in [2.05, 4.69) is 5.32 Å². The zero-order valence-corrected chi connectivity index (χ0v) is 7.83. The summed E-state index contributed by atoms with van der Waals surface area (Å²) in [4.78, 5) is 0. The molecule has 0 radical (unpaired) electrons. The molecule has 1 unspecified atom stereocenters. The fourth-order valence-corrected chi connectivity index (χ4v) is 1.96. The van der Waals surface area contributed by atoms with Crippen LogP contribution in [0.3, 0.4) is 0 Å². The molecule has 1 saturated heterocycles. The maximum absolute atomic E-state index is 9.92. The first-order valence-electron chi connectivity index (χ1n) is 5.12. The third kappa shape index (κ3) is 2.03. The van der Waals surface area contributed by atoms with Crippen molar-refractivity contribution in [2.75, 3.05) is 13.2 Å². The Kier molecular flexibility index (Phi) is 2.86. The summed E-state index contributed by atoms with van der Waals surface area (Å²) in [6.45, 7) is 1.78. The number of allylic oxidation sites excluding steroid dienone is 1. The Bertz CT molecular complexity index is 197. The highest BCUT2D eigenvalue weighted by atomic mass is 16.5. The zero-order valence-electron chi connectivity index (χ0n) is 7.83. The molecule has 0 aromatic heterocycles. The van der Waals surface area contributed by atoms with Crippen LogP contribution < -0.4 is 5.32 Å². The van der Waals surface area contributed by atoms with Crippen molar-refractivity contribution in [1.82, 2.24) is 5.32 Å². The molecular weight excluding hydrogens is 166 g/mol. The molecule has 2 rings (SSSR count). The van der Waals surface area contributed by atoms with Gasteiger partial charge < -0.3 is 15.2 Å². The molecule has 0 spiro atoms. The van der Waals surface area contributed by atoms with Gasteiger partial charge in [-0.2, -0.15) is 0 Å². The molecule has 2 aliphatic heterocycles. The van der Waals surface area contributed by atoms with Crippen LogP contribution in [0.5, 0.6) is 0 Å². The lowest BCUT2D eigenvalue weighted by Gasteiger charge is -2.24. The van der Waals surface area contributed by atoms with Gasteiger partial charge in [0.25, 0.3) is 0 Å². The van der Waals surface area contributed by atoms with Crippen molar-refractivity contribution in [3.63, 3.8) is 0 Å². The second-order valence-corrected chi connectivity index (χ2v) is 3.74. The van der Waals surface area contributed by atoms with Crippen LogP contribution in [0.25, 0.3) is 0 Å². The largest absolute Gasteiger partial charge is 0.495 e. The van der Waals surface area contributed by atoms with E-state index in [9.17, 15) is 5.11 Å². The summed E-state index contributed by atoms with van der Waals surface area (Å²) in [5.74, 6) is 0.783. The highest BCUT2D eigenvalue weighted by Gasteiger charge is 2.27. The highest BCUT2D eigenvalue weighted by Crippen LogP contribution is 2.20. The molecule has 13 heavy (non-hydrogen) atoms. The summed E-state index contributed by atoms with van der Waals surface area (Å²) in [7, 11) is 0. The normalized spacial score (nSPS) is 30.8. The van der Waals surface area contributed by atoms with Crippen molar-refractivity contribution in [2.45, 2.75) is 37.8 Å². The molecule has 0 amide bonds. The van der Waals surface area contributed by atoms with E-state index in [1.54, 1.807) is 0 Å². The van der Waals surface area contributed by atoms with Crippen molar-refractivity contribution in [3.8, 4) is 0 Å². The van der Waals surface area contributed by atoms with Gasteiger partial charge in [-0.1, -0.05) is 0 Å². The first-order valence-corrected chi connectivity index (χ1v) is 5.12. The predicted octanol–water partition coefficient (Wildman–Crippen LogP) is 0.794. The average Bonchev–Trinajstić information content (AvgIpc) is 2.71. The predicted molar refractivity (Wildman–Crippen MR) is 50.3 cm³/mol. The van der Waals surface area contributed by atoms with Gasteiger partial charge in [0.2, 0.25) is 0 Å². The number of hydrogen-bond donors (Lipinski definition) is 2.